The second-order valence-corrected chi connectivity index (χ2v) is 11.0. The Kier molecular flexibility index (Phi) is 7.68. The van der Waals surface area contributed by atoms with Crippen LogP contribution in [0.2, 0.25) is 5.02 Å². The van der Waals surface area contributed by atoms with Gasteiger partial charge in [-0.05, 0) is 62.6 Å². The molecule has 5 rings (SSSR count). The van der Waals surface area contributed by atoms with E-state index < -0.39 is 0 Å². The highest BCUT2D eigenvalue weighted by molar-refractivity contribution is 7.21. The molecule has 0 bridgehead atoms. The molecule has 2 aromatic carbocycles. The summed E-state index contributed by atoms with van der Waals surface area (Å²) >= 11 is 8.25. The van der Waals surface area contributed by atoms with Crippen LogP contribution >= 0.6 is 22.9 Å². The summed E-state index contributed by atoms with van der Waals surface area (Å²) in [4.78, 5) is 21.2. The first kappa shape index (κ1) is 25.6. The van der Waals surface area contributed by atoms with Gasteiger partial charge in [-0.3, -0.25) is 4.79 Å². The Morgan fingerprint density at radius 3 is 2.65 bits per heavy atom. The van der Waals surface area contributed by atoms with Crippen molar-refractivity contribution in [3.05, 3.63) is 75.8 Å². The van der Waals surface area contributed by atoms with Crippen LogP contribution in [0, 0.1) is 6.92 Å². The number of nitrogens with two attached hydrogens (primary N) is 1. The quantitative estimate of drug-likeness (QED) is 0.262. The maximum Gasteiger partial charge on any atom is 0.266 e. The highest BCUT2D eigenvalue weighted by Gasteiger charge is 2.30. The number of thiophene rings is 1. The summed E-state index contributed by atoms with van der Waals surface area (Å²) in [6, 6.07) is 18.1. The van der Waals surface area contributed by atoms with E-state index in [4.69, 9.17) is 22.1 Å². The van der Waals surface area contributed by atoms with Gasteiger partial charge < -0.3 is 15.4 Å². The number of ether oxygens (including phenoxy) is 1. The molecule has 1 fully saturated rings. The summed E-state index contributed by atoms with van der Waals surface area (Å²) < 4.78 is 7.06. The van der Waals surface area contributed by atoms with Crippen LogP contribution in [-0.4, -0.2) is 28.4 Å². The van der Waals surface area contributed by atoms with E-state index in [2.05, 4.69) is 11.1 Å². The number of hydrogen-bond donors (Lipinski definition) is 1. The van der Waals surface area contributed by atoms with E-state index in [-0.39, 0.29) is 11.9 Å². The molecule has 1 amide bonds. The molecule has 2 heterocycles. The average Bonchev–Trinajstić information content (AvgIpc) is 3.25. The van der Waals surface area contributed by atoms with Crippen LogP contribution in [0.4, 0.5) is 5.82 Å². The first-order chi connectivity index (χ1) is 18.0. The predicted octanol–water partition coefficient (Wildman–Crippen LogP) is 7.88. The second-order valence-electron chi connectivity index (χ2n) is 9.59. The van der Waals surface area contributed by atoms with Crippen molar-refractivity contribution in [2.75, 3.05) is 12.3 Å². The molecule has 4 aromatic rings. The second kappa shape index (κ2) is 11.1. The molecular formula is C30H32ClN3O2S. The van der Waals surface area contributed by atoms with E-state index >= 15 is 0 Å². The van der Waals surface area contributed by atoms with Gasteiger partial charge >= 0.3 is 0 Å². The number of fused-ring (bicyclic) bond motifs is 1. The minimum absolute atomic E-state index is 0.00344. The fourth-order valence-electron chi connectivity index (χ4n) is 5.28. The number of hydrogen-bond acceptors (Lipinski definition) is 5. The van der Waals surface area contributed by atoms with Crippen molar-refractivity contribution in [2.24, 2.45) is 0 Å². The number of benzene rings is 2. The monoisotopic (exact) mass is 533 g/mol. The van der Waals surface area contributed by atoms with Crippen molar-refractivity contribution < 1.29 is 9.53 Å². The molecule has 5 nitrogen and oxygen atoms in total. The molecule has 7 heteroatoms. The van der Waals surface area contributed by atoms with E-state index in [1.54, 1.807) is 0 Å². The molecule has 0 spiro atoms. The number of carbonyl (C=O) groups excluding carboxylic acids is 1. The Bertz CT molecular complexity index is 1430. The lowest BCUT2D eigenvalue weighted by molar-refractivity contribution is 0.0617. The average molecular weight is 534 g/mol. The Labute approximate surface area is 227 Å². The Balaban J connectivity index is 1.56. The van der Waals surface area contributed by atoms with Gasteiger partial charge in [-0.2, -0.15) is 0 Å². The number of carbonyl (C=O) groups is 1. The summed E-state index contributed by atoms with van der Waals surface area (Å²) in [5, 5.41) is 1.48. The smallest absolute Gasteiger partial charge is 0.266 e. The molecule has 192 valence electrons. The molecule has 1 saturated carbocycles. The van der Waals surface area contributed by atoms with Gasteiger partial charge in [0.1, 0.15) is 16.4 Å². The molecule has 2 N–H and O–H groups in total. The summed E-state index contributed by atoms with van der Waals surface area (Å²) in [6.45, 7) is 4.95. The first-order valence-corrected chi connectivity index (χ1v) is 14.1. The third-order valence-electron chi connectivity index (χ3n) is 7.12. The van der Waals surface area contributed by atoms with Crippen LogP contribution in [0.1, 0.15) is 60.0 Å². The van der Waals surface area contributed by atoms with Gasteiger partial charge in [0.2, 0.25) is 0 Å². The van der Waals surface area contributed by atoms with Crippen molar-refractivity contribution in [3.63, 3.8) is 0 Å². The third-order valence-corrected chi connectivity index (χ3v) is 8.79. The van der Waals surface area contributed by atoms with E-state index in [0.29, 0.717) is 28.9 Å². The van der Waals surface area contributed by atoms with Crippen LogP contribution in [-0.2, 0) is 6.54 Å². The zero-order chi connectivity index (χ0) is 25.9. The summed E-state index contributed by atoms with van der Waals surface area (Å²) in [5.74, 6) is 1.29. The fourth-order valence-corrected chi connectivity index (χ4v) is 6.75. The number of nitrogen functional groups attached to an aromatic ring is 1. The minimum atomic E-state index is -0.00344. The SMILES string of the molecule is CCOc1ccc(-c2ccc(N)nc2C)cc1CN(C(=O)c1sc2ccccc2c1Cl)C1CCCCC1. The maximum atomic E-state index is 14.1. The molecular weight excluding hydrogens is 502 g/mol. The Morgan fingerprint density at radius 1 is 1.14 bits per heavy atom. The van der Waals surface area contributed by atoms with Crippen LogP contribution < -0.4 is 10.5 Å². The lowest BCUT2D eigenvalue weighted by Gasteiger charge is -2.35. The Hall–Kier alpha value is -3.09. The molecule has 1 aliphatic carbocycles. The number of amides is 1. The van der Waals surface area contributed by atoms with Gasteiger partial charge in [-0.15, -0.1) is 11.3 Å². The number of aromatic nitrogens is 1. The number of rotatable bonds is 7. The van der Waals surface area contributed by atoms with Crippen molar-refractivity contribution in [1.82, 2.24) is 9.88 Å². The Morgan fingerprint density at radius 2 is 1.92 bits per heavy atom. The number of halogens is 1. The minimum Gasteiger partial charge on any atom is -0.494 e. The summed E-state index contributed by atoms with van der Waals surface area (Å²) in [5.41, 5.74) is 9.78. The zero-order valence-corrected chi connectivity index (χ0v) is 22.9. The first-order valence-electron chi connectivity index (χ1n) is 12.9. The van der Waals surface area contributed by atoms with Crippen LogP contribution in [0.15, 0.2) is 54.6 Å². The topological polar surface area (TPSA) is 68.5 Å². The zero-order valence-electron chi connectivity index (χ0n) is 21.3. The van der Waals surface area contributed by atoms with Crippen molar-refractivity contribution in [2.45, 2.75) is 58.5 Å². The van der Waals surface area contributed by atoms with Crippen molar-refractivity contribution >= 4 is 44.7 Å². The van der Waals surface area contributed by atoms with Crippen molar-refractivity contribution in [1.29, 1.82) is 0 Å². The van der Waals surface area contributed by atoms with Gasteiger partial charge in [-0.25, -0.2) is 4.98 Å². The number of pyridine rings is 1. The van der Waals surface area contributed by atoms with Gasteiger partial charge in [-0.1, -0.05) is 55.1 Å². The van der Waals surface area contributed by atoms with Gasteiger partial charge in [0.25, 0.3) is 5.91 Å². The molecule has 0 aliphatic heterocycles. The molecule has 0 radical (unpaired) electrons. The standard InChI is InChI=1S/C30H32ClN3O2S/c1-3-36-25-15-13-20(23-14-16-27(32)33-19(23)2)17-21(25)18-34(22-9-5-4-6-10-22)30(35)29-28(31)24-11-7-8-12-26(24)37-29/h7-8,11-17,22H,3-6,9-10,18H2,1-2H3,(H2,32,33). The van der Waals surface area contributed by atoms with Gasteiger partial charge in [0.05, 0.1) is 11.6 Å². The van der Waals surface area contributed by atoms with Crippen LogP contribution in [0.3, 0.4) is 0 Å². The number of nitrogens with zero attached hydrogens (tertiary/aromatic N) is 2. The molecule has 1 aliphatic rings. The van der Waals surface area contributed by atoms with E-state index in [1.807, 2.05) is 67.3 Å². The molecule has 0 atom stereocenters. The van der Waals surface area contributed by atoms with E-state index in [0.717, 1.165) is 63.9 Å². The van der Waals surface area contributed by atoms with E-state index in [9.17, 15) is 4.79 Å². The predicted molar refractivity (Wildman–Crippen MR) is 154 cm³/mol. The number of anilines is 1. The highest BCUT2D eigenvalue weighted by atomic mass is 35.5. The summed E-state index contributed by atoms with van der Waals surface area (Å²) in [7, 11) is 0. The molecule has 0 saturated heterocycles. The largest absolute Gasteiger partial charge is 0.494 e. The molecule has 37 heavy (non-hydrogen) atoms. The van der Waals surface area contributed by atoms with Crippen LogP contribution in [0.25, 0.3) is 21.2 Å². The van der Waals surface area contributed by atoms with Crippen LogP contribution in [0.5, 0.6) is 5.75 Å². The lowest BCUT2D eigenvalue weighted by atomic mass is 9.93. The number of aryl methyl sites for hydroxylation is 1. The fraction of sp³-hybridized carbons (Fsp3) is 0.333. The maximum absolute atomic E-state index is 14.1. The van der Waals surface area contributed by atoms with E-state index in [1.165, 1.54) is 17.8 Å². The third kappa shape index (κ3) is 5.32. The van der Waals surface area contributed by atoms with Crippen molar-refractivity contribution in [3.8, 4) is 16.9 Å². The molecule has 2 aromatic heterocycles. The van der Waals surface area contributed by atoms with Gasteiger partial charge in [0.15, 0.2) is 0 Å². The summed E-state index contributed by atoms with van der Waals surface area (Å²) in [6.07, 6.45) is 5.47. The lowest BCUT2D eigenvalue weighted by Crippen LogP contribution is -2.40. The highest BCUT2D eigenvalue weighted by Crippen LogP contribution is 2.38. The normalized spacial score (nSPS) is 14.1. The van der Waals surface area contributed by atoms with Gasteiger partial charge in [0, 0.05) is 39.5 Å². The molecule has 0 unspecified atom stereocenters.